The highest BCUT2D eigenvalue weighted by Crippen LogP contribution is 2.08. The minimum absolute atomic E-state index is 0.0502. The third-order valence-electron chi connectivity index (χ3n) is 2.79. The van der Waals surface area contributed by atoms with Gasteiger partial charge in [-0.2, -0.15) is 0 Å². The van der Waals surface area contributed by atoms with E-state index in [0.717, 1.165) is 25.1 Å². The highest BCUT2D eigenvalue weighted by Gasteiger charge is 2.21. The van der Waals surface area contributed by atoms with Gasteiger partial charge in [0.2, 0.25) is 5.91 Å². The molecule has 0 aromatic heterocycles. The summed E-state index contributed by atoms with van der Waals surface area (Å²) in [6.07, 6.45) is 0.884. The van der Waals surface area contributed by atoms with Crippen LogP contribution in [0.1, 0.15) is 12.0 Å². The molecule has 2 rings (SSSR count). The van der Waals surface area contributed by atoms with Gasteiger partial charge in [0, 0.05) is 13.1 Å². The maximum Gasteiger partial charge on any atom is 0.224 e. The zero-order chi connectivity index (χ0) is 11.4. The van der Waals surface area contributed by atoms with Crippen molar-refractivity contribution in [3.05, 3.63) is 35.6 Å². The Kier molecular flexibility index (Phi) is 3.51. The van der Waals surface area contributed by atoms with Gasteiger partial charge < -0.3 is 10.6 Å². The molecule has 0 radical (unpaired) electrons. The average molecular weight is 222 g/mol. The zero-order valence-corrected chi connectivity index (χ0v) is 9.00. The van der Waals surface area contributed by atoms with Crippen LogP contribution in [-0.2, 0) is 11.3 Å². The molecule has 2 N–H and O–H groups in total. The lowest BCUT2D eigenvalue weighted by molar-refractivity contribution is -0.124. The molecule has 1 fully saturated rings. The van der Waals surface area contributed by atoms with Crippen LogP contribution in [0.25, 0.3) is 0 Å². The van der Waals surface area contributed by atoms with E-state index in [0.29, 0.717) is 6.54 Å². The Morgan fingerprint density at radius 1 is 1.56 bits per heavy atom. The predicted molar refractivity (Wildman–Crippen MR) is 59.2 cm³/mol. The standard InChI is InChI=1S/C12H15FN2O/c13-11-3-1-2-9(6-11)7-15-12(16)10-4-5-14-8-10/h1-3,6,10,14H,4-5,7-8H2,(H,15,16). The van der Waals surface area contributed by atoms with Crippen molar-refractivity contribution < 1.29 is 9.18 Å². The Morgan fingerprint density at radius 3 is 3.12 bits per heavy atom. The van der Waals surface area contributed by atoms with Gasteiger partial charge in [-0.15, -0.1) is 0 Å². The van der Waals surface area contributed by atoms with E-state index >= 15 is 0 Å². The van der Waals surface area contributed by atoms with Crippen molar-refractivity contribution in [2.45, 2.75) is 13.0 Å². The number of carbonyl (C=O) groups is 1. The summed E-state index contributed by atoms with van der Waals surface area (Å²) in [5.74, 6) is -0.155. The number of nitrogens with one attached hydrogen (secondary N) is 2. The van der Waals surface area contributed by atoms with Crippen LogP contribution in [0.4, 0.5) is 4.39 Å². The summed E-state index contributed by atoms with van der Waals surface area (Å²) in [5, 5.41) is 5.96. The summed E-state index contributed by atoms with van der Waals surface area (Å²) in [6.45, 7) is 2.04. The third kappa shape index (κ3) is 2.79. The zero-order valence-electron chi connectivity index (χ0n) is 9.00. The van der Waals surface area contributed by atoms with Gasteiger partial charge in [0.05, 0.1) is 5.92 Å². The summed E-state index contributed by atoms with van der Waals surface area (Å²) in [4.78, 5) is 11.7. The molecular weight excluding hydrogens is 207 g/mol. The molecule has 3 nitrogen and oxygen atoms in total. The average Bonchev–Trinajstić information content (AvgIpc) is 2.79. The molecule has 4 heteroatoms. The van der Waals surface area contributed by atoms with Gasteiger partial charge in [-0.05, 0) is 30.7 Å². The number of benzene rings is 1. The molecule has 0 saturated carbocycles. The van der Waals surface area contributed by atoms with Crippen LogP contribution in [0.15, 0.2) is 24.3 Å². The van der Waals surface area contributed by atoms with Crippen LogP contribution in [0.2, 0.25) is 0 Å². The second-order valence-electron chi connectivity index (χ2n) is 4.04. The predicted octanol–water partition coefficient (Wildman–Crippen LogP) is 1.05. The summed E-state index contributed by atoms with van der Waals surface area (Å²) >= 11 is 0. The van der Waals surface area contributed by atoms with E-state index in [1.54, 1.807) is 12.1 Å². The number of rotatable bonds is 3. The molecule has 1 atom stereocenters. The van der Waals surface area contributed by atoms with Crippen LogP contribution in [0, 0.1) is 11.7 Å². The van der Waals surface area contributed by atoms with E-state index in [2.05, 4.69) is 10.6 Å². The lowest BCUT2D eigenvalue weighted by Crippen LogP contribution is -2.31. The molecule has 1 aliphatic heterocycles. The normalized spacial score (nSPS) is 19.7. The van der Waals surface area contributed by atoms with E-state index < -0.39 is 0 Å². The van der Waals surface area contributed by atoms with Crippen molar-refractivity contribution >= 4 is 5.91 Å². The second kappa shape index (κ2) is 5.07. The molecule has 16 heavy (non-hydrogen) atoms. The Balaban J connectivity index is 1.84. The lowest BCUT2D eigenvalue weighted by Gasteiger charge is -2.09. The van der Waals surface area contributed by atoms with Crippen molar-refractivity contribution in [1.29, 1.82) is 0 Å². The van der Waals surface area contributed by atoms with Crippen LogP contribution in [-0.4, -0.2) is 19.0 Å². The maximum atomic E-state index is 12.9. The largest absolute Gasteiger partial charge is 0.352 e. The number of hydrogen-bond acceptors (Lipinski definition) is 2. The highest BCUT2D eigenvalue weighted by molar-refractivity contribution is 5.79. The fourth-order valence-electron chi connectivity index (χ4n) is 1.86. The van der Waals surface area contributed by atoms with Crippen LogP contribution >= 0.6 is 0 Å². The minimum Gasteiger partial charge on any atom is -0.352 e. The van der Waals surface area contributed by atoms with Gasteiger partial charge >= 0.3 is 0 Å². The van der Waals surface area contributed by atoms with Gasteiger partial charge in [0.1, 0.15) is 5.82 Å². The Labute approximate surface area is 94.0 Å². The third-order valence-corrected chi connectivity index (χ3v) is 2.79. The molecule has 1 aromatic rings. The van der Waals surface area contributed by atoms with E-state index in [-0.39, 0.29) is 17.6 Å². The maximum absolute atomic E-state index is 12.9. The molecule has 1 heterocycles. The summed E-state index contributed by atoms with van der Waals surface area (Å²) < 4.78 is 12.9. The quantitative estimate of drug-likeness (QED) is 0.802. The second-order valence-corrected chi connectivity index (χ2v) is 4.04. The molecule has 0 bridgehead atoms. The van der Waals surface area contributed by atoms with E-state index in [1.165, 1.54) is 12.1 Å². The van der Waals surface area contributed by atoms with Crippen molar-refractivity contribution in [3.8, 4) is 0 Å². The minimum atomic E-state index is -0.269. The molecular formula is C12H15FN2O. The van der Waals surface area contributed by atoms with Crippen LogP contribution in [0.3, 0.4) is 0 Å². The van der Waals surface area contributed by atoms with Gasteiger partial charge in [-0.1, -0.05) is 12.1 Å². The molecule has 1 amide bonds. The first-order valence-corrected chi connectivity index (χ1v) is 5.48. The first-order chi connectivity index (χ1) is 7.75. The van der Waals surface area contributed by atoms with Crippen LogP contribution in [0.5, 0.6) is 0 Å². The number of hydrogen-bond donors (Lipinski definition) is 2. The van der Waals surface area contributed by atoms with Crippen molar-refractivity contribution in [2.24, 2.45) is 5.92 Å². The SMILES string of the molecule is O=C(NCc1cccc(F)c1)C1CCNC1. The van der Waals surface area contributed by atoms with Gasteiger partial charge in [-0.3, -0.25) is 4.79 Å². The van der Waals surface area contributed by atoms with Crippen molar-refractivity contribution in [3.63, 3.8) is 0 Å². The number of carbonyl (C=O) groups excluding carboxylic acids is 1. The Bertz CT molecular complexity index is 375. The fraction of sp³-hybridized carbons (Fsp3) is 0.417. The summed E-state index contributed by atoms with van der Waals surface area (Å²) in [5.41, 5.74) is 0.791. The van der Waals surface area contributed by atoms with Crippen molar-refractivity contribution in [1.82, 2.24) is 10.6 Å². The monoisotopic (exact) mass is 222 g/mol. The van der Waals surface area contributed by atoms with E-state index in [1.807, 2.05) is 0 Å². The van der Waals surface area contributed by atoms with E-state index in [4.69, 9.17) is 0 Å². The fourth-order valence-corrected chi connectivity index (χ4v) is 1.86. The van der Waals surface area contributed by atoms with Crippen molar-refractivity contribution in [2.75, 3.05) is 13.1 Å². The Morgan fingerprint density at radius 2 is 2.44 bits per heavy atom. The smallest absolute Gasteiger partial charge is 0.224 e. The highest BCUT2D eigenvalue weighted by atomic mass is 19.1. The number of amides is 1. The Hall–Kier alpha value is -1.42. The first kappa shape index (κ1) is 11.1. The molecule has 0 spiro atoms. The van der Waals surface area contributed by atoms with Gasteiger partial charge in [0.25, 0.3) is 0 Å². The molecule has 1 aliphatic rings. The molecule has 1 aromatic carbocycles. The molecule has 1 unspecified atom stereocenters. The summed E-state index contributed by atoms with van der Waals surface area (Å²) in [7, 11) is 0. The number of halogens is 1. The molecule has 86 valence electrons. The summed E-state index contributed by atoms with van der Waals surface area (Å²) in [6, 6.07) is 6.28. The van der Waals surface area contributed by atoms with Crippen LogP contribution < -0.4 is 10.6 Å². The van der Waals surface area contributed by atoms with Gasteiger partial charge in [0.15, 0.2) is 0 Å². The first-order valence-electron chi connectivity index (χ1n) is 5.48. The van der Waals surface area contributed by atoms with E-state index in [9.17, 15) is 9.18 Å². The molecule has 0 aliphatic carbocycles. The van der Waals surface area contributed by atoms with Gasteiger partial charge in [-0.25, -0.2) is 4.39 Å². The lowest BCUT2D eigenvalue weighted by atomic mass is 10.1. The molecule has 1 saturated heterocycles. The topological polar surface area (TPSA) is 41.1 Å².